The Morgan fingerprint density at radius 1 is 0.921 bits per heavy atom. The summed E-state index contributed by atoms with van der Waals surface area (Å²) in [6.07, 6.45) is 2.28. The van der Waals surface area contributed by atoms with Gasteiger partial charge >= 0.3 is 5.97 Å². The number of carboxylic acids is 1. The second-order valence-electron chi connectivity index (χ2n) is 9.09. The van der Waals surface area contributed by atoms with Crippen molar-refractivity contribution in [3.05, 3.63) is 29.8 Å². The maximum atomic E-state index is 13.3. The fourth-order valence-corrected chi connectivity index (χ4v) is 3.92. The lowest BCUT2D eigenvalue weighted by molar-refractivity contribution is -0.142. The third kappa shape index (κ3) is 11.4. The predicted molar refractivity (Wildman–Crippen MR) is 144 cm³/mol. The summed E-state index contributed by atoms with van der Waals surface area (Å²) in [5.74, 6) is -3.56. The van der Waals surface area contributed by atoms with Crippen molar-refractivity contribution >= 4 is 41.4 Å². The van der Waals surface area contributed by atoms with E-state index in [4.69, 9.17) is 11.5 Å². The van der Waals surface area contributed by atoms with Crippen LogP contribution in [-0.4, -0.2) is 76.0 Å². The number of nitrogens with one attached hydrogen (secondary N) is 3. The normalized spacial score (nSPS) is 14.8. The first-order chi connectivity index (χ1) is 17.9. The van der Waals surface area contributed by atoms with Gasteiger partial charge in [-0.25, -0.2) is 4.79 Å². The summed E-state index contributed by atoms with van der Waals surface area (Å²) in [6, 6.07) is 1.51. The van der Waals surface area contributed by atoms with Crippen molar-refractivity contribution in [3.8, 4) is 5.75 Å². The molecule has 1 rings (SSSR count). The van der Waals surface area contributed by atoms with Crippen LogP contribution in [0.2, 0.25) is 0 Å². The number of phenolic OH excluding ortho intramolecular Hbond substituents is 1. The molecular formula is C25H39N5O7S. The van der Waals surface area contributed by atoms with Crippen LogP contribution < -0.4 is 27.4 Å². The van der Waals surface area contributed by atoms with E-state index in [0.29, 0.717) is 17.7 Å². The van der Waals surface area contributed by atoms with E-state index in [2.05, 4.69) is 16.0 Å². The summed E-state index contributed by atoms with van der Waals surface area (Å²) in [4.78, 5) is 61.8. The number of carbonyl (C=O) groups excluding carboxylic acids is 4. The molecule has 0 saturated carbocycles. The van der Waals surface area contributed by atoms with E-state index in [0.717, 1.165) is 0 Å². The van der Waals surface area contributed by atoms with E-state index < -0.39 is 53.8 Å². The number of aliphatic carboxylic acids is 1. The van der Waals surface area contributed by atoms with Crippen molar-refractivity contribution in [2.24, 2.45) is 17.4 Å². The molecule has 0 spiro atoms. The number of phenols is 1. The number of aromatic hydroxyl groups is 1. The third-order valence-corrected chi connectivity index (χ3v) is 6.75. The van der Waals surface area contributed by atoms with Crippen LogP contribution >= 0.6 is 11.8 Å². The highest BCUT2D eigenvalue weighted by Crippen LogP contribution is 2.13. The lowest BCUT2D eigenvalue weighted by atomic mass is 9.99. The predicted octanol–water partition coefficient (Wildman–Crippen LogP) is -0.134. The lowest BCUT2D eigenvalue weighted by Gasteiger charge is -2.26. The summed E-state index contributed by atoms with van der Waals surface area (Å²) in [5, 5.41) is 26.7. The summed E-state index contributed by atoms with van der Waals surface area (Å²) in [6.45, 7) is 3.73. The van der Waals surface area contributed by atoms with Crippen molar-refractivity contribution in [2.45, 2.75) is 70.1 Å². The van der Waals surface area contributed by atoms with Crippen LogP contribution in [0.5, 0.6) is 5.75 Å². The van der Waals surface area contributed by atoms with Gasteiger partial charge in [0.25, 0.3) is 0 Å². The number of nitrogens with two attached hydrogens (primary N) is 2. The molecule has 0 fully saturated rings. The maximum Gasteiger partial charge on any atom is 0.326 e. The van der Waals surface area contributed by atoms with E-state index >= 15 is 0 Å². The molecule has 1 aromatic rings. The van der Waals surface area contributed by atoms with Crippen molar-refractivity contribution in [1.82, 2.24) is 16.0 Å². The standard InChI is InChI=1S/C25H39N5O7S/c1-4-14(2)21(27)24(35)28-17(11-12-38-3)22(33)30-19(13-15-5-7-16(31)8-6-15)23(34)29-18(25(36)37)9-10-20(26)32/h5-8,14,17-19,21,31H,4,9-13,27H2,1-3H3,(H2,26,32)(H,28,35)(H,29,34)(H,30,33)(H,36,37). The average Bonchev–Trinajstić information content (AvgIpc) is 2.87. The van der Waals surface area contributed by atoms with Gasteiger partial charge < -0.3 is 37.6 Å². The molecule has 9 N–H and O–H groups in total. The van der Waals surface area contributed by atoms with Crippen LogP contribution in [0.15, 0.2) is 24.3 Å². The van der Waals surface area contributed by atoms with Crippen molar-refractivity contribution in [3.63, 3.8) is 0 Å². The van der Waals surface area contributed by atoms with Gasteiger partial charge in [-0.3, -0.25) is 19.2 Å². The van der Waals surface area contributed by atoms with Crippen LogP contribution in [-0.2, 0) is 30.4 Å². The number of rotatable bonds is 17. The Balaban J connectivity index is 3.15. The van der Waals surface area contributed by atoms with Gasteiger partial charge in [-0.2, -0.15) is 11.8 Å². The number of benzene rings is 1. The van der Waals surface area contributed by atoms with Crippen LogP contribution in [0.1, 0.15) is 45.1 Å². The summed E-state index contributed by atoms with van der Waals surface area (Å²) in [7, 11) is 0. The van der Waals surface area contributed by atoms with Crippen molar-refractivity contribution in [2.75, 3.05) is 12.0 Å². The Hall–Kier alpha value is -3.32. The van der Waals surface area contributed by atoms with E-state index in [1.54, 1.807) is 12.1 Å². The monoisotopic (exact) mass is 553 g/mol. The molecule has 1 aromatic carbocycles. The first-order valence-corrected chi connectivity index (χ1v) is 13.7. The van der Waals surface area contributed by atoms with E-state index in [1.807, 2.05) is 20.1 Å². The molecule has 4 amide bonds. The highest BCUT2D eigenvalue weighted by molar-refractivity contribution is 7.98. The number of thioether (sulfide) groups is 1. The quantitative estimate of drug-likeness (QED) is 0.137. The number of hydrogen-bond donors (Lipinski definition) is 7. The largest absolute Gasteiger partial charge is 0.508 e. The zero-order valence-electron chi connectivity index (χ0n) is 21.9. The van der Waals surface area contributed by atoms with Gasteiger partial charge in [-0.1, -0.05) is 32.4 Å². The fraction of sp³-hybridized carbons (Fsp3) is 0.560. The molecule has 38 heavy (non-hydrogen) atoms. The molecule has 0 bridgehead atoms. The molecule has 212 valence electrons. The first kappa shape index (κ1) is 32.7. The third-order valence-electron chi connectivity index (χ3n) is 6.11. The molecule has 0 saturated heterocycles. The average molecular weight is 554 g/mol. The Morgan fingerprint density at radius 2 is 1.47 bits per heavy atom. The van der Waals surface area contributed by atoms with E-state index in [-0.39, 0.29) is 37.4 Å². The summed E-state index contributed by atoms with van der Waals surface area (Å²) < 4.78 is 0. The topological polar surface area (TPSA) is 214 Å². The van der Waals surface area contributed by atoms with Crippen molar-refractivity contribution < 1.29 is 34.2 Å². The zero-order valence-corrected chi connectivity index (χ0v) is 22.8. The highest BCUT2D eigenvalue weighted by atomic mass is 32.2. The van der Waals surface area contributed by atoms with Gasteiger partial charge in [0.2, 0.25) is 23.6 Å². The van der Waals surface area contributed by atoms with Crippen LogP contribution in [0.25, 0.3) is 0 Å². The fourth-order valence-electron chi connectivity index (χ4n) is 3.45. The zero-order chi connectivity index (χ0) is 28.8. The number of amides is 4. The molecule has 5 atom stereocenters. The minimum atomic E-state index is -1.41. The Labute approximate surface area is 226 Å². The van der Waals surface area contributed by atoms with Crippen LogP contribution in [0.3, 0.4) is 0 Å². The number of hydrogen-bond acceptors (Lipinski definition) is 8. The first-order valence-electron chi connectivity index (χ1n) is 12.3. The van der Waals surface area contributed by atoms with Gasteiger partial charge in [0.1, 0.15) is 23.9 Å². The minimum Gasteiger partial charge on any atom is -0.508 e. The molecule has 0 heterocycles. The number of carbonyl (C=O) groups is 5. The molecule has 0 aliphatic carbocycles. The molecule has 0 radical (unpaired) electrons. The lowest BCUT2D eigenvalue weighted by Crippen LogP contribution is -2.58. The molecule has 0 aliphatic rings. The minimum absolute atomic E-state index is 0.00803. The number of primary amides is 1. The highest BCUT2D eigenvalue weighted by Gasteiger charge is 2.31. The molecule has 5 unspecified atom stereocenters. The molecule has 0 aliphatic heterocycles. The maximum absolute atomic E-state index is 13.3. The summed E-state index contributed by atoms with van der Waals surface area (Å²) in [5.41, 5.74) is 11.7. The molecule has 12 nitrogen and oxygen atoms in total. The second-order valence-corrected chi connectivity index (χ2v) is 10.1. The molecule has 13 heteroatoms. The van der Waals surface area contributed by atoms with Gasteiger partial charge in [0, 0.05) is 12.8 Å². The SMILES string of the molecule is CCC(C)C(N)C(=O)NC(CCSC)C(=O)NC(Cc1ccc(O)cc1)C(=O)NC(CCC(N)=O)C(=O)O. The number of carboxylic acid groups (broad SMARTS) is 1. The van der Waals surface area contributed by atoms with Gasteiger partial charge in [-0.15, -0.1) is 0 Å². The van der Waals surface area contributed by atoms with Crippen LogP contribution in [0, 0.1) is 5.92 Å². The van der Waals surface area contributed by atoms with Crippen LogP contribution in [0.4, 0.5) is 0 Å². The van der Waals surface area contributed by atoms with Gasteiger partial charge in [0.05, 0.1) is 6.04 Å². The van der Waals surface area contributed by atoms with Crippen molar-refractivity contribution in [1.29, 1.82) is 0 Å². The van der Waals surface area contributed by atoms with Gasteiger partial charge in [-0.05, 0) is 48.5 Å². The molecule has 0 aromatic heterocycles. The smallest absolute Gasteiger partial charge is 0.326 e. The Kier molecular flexibility index (Phi) is 14.2. The Bertz CT molecular complexity index is 960. The van der Waals surface area contributed by atoms with E-state index in [1.165, 1.54) is 23.9 Å². The van der Waals surface area contributed by atoms with Gasteiger partial charge in [0.15, 0.2) is 0 Å². The Morgan fingerprint density at radius 3 is 2.00 bits per heavy atom. The molecular weight excluding hydrogens is 514 g/mol. The summed E-state index contributed by atoms with van der Waals surface area (Å²) >= 11 is 1.47. The second kappa shape index (κ2) is 16.5. The van der Waals surface area contributed by atoms with E-state index in [9.17, 15) is 34.2 Å².